The maximum absolute atomic E-state index is 12.5. The molecule has 33 heavy (non-hydrogen) atoms. The Labute approximate surface area is 190 Å². The maximum Gasteiger partial charge on any atom is 0.261 e. The van der Waals surface area contributed by atoms with Crippen molar-refractivity contribution in [2.45, 2.75) is 6.42 Å². The van der Waals surface area contributed by atoms with Gasteiger partial charge < -0.3 is 15.4 Å². The first-order valence-corrected chi connectivity index (χ1v) is 10.3. The van der Waals surface area contributed by atoms with E-state index in [9.17, 15) is 19.2 Å². The predicted molar refractivity (Wildman–Crippen MR) is 122 cm³/mol. The largest absolute Gasteiger partial charge is 0.495 e. The van der Waals surface area contributed by atoms with Crippen LogP contribution in [0.2, 0.25) is 0 Å². The Bertz CT molecular complexity index is 1200. The highest BCUT2D eigenvalue weighted by molar-refractivity contribution is 6.21. The van der Waals surface area contributed by atoms with Crippen molar-refractivity contribution < 1.29 is 23.9 Å². The van der Waals surface area contributed by atoms with Crippen LogP contribution in [0.4, 0.5) is 11.4 Å². The molecule has 166 valence electrons. The normalized spacial score (nSPS) is 12.3. The lowest BCUT2D eigenvalue weighted by Gasteiger charge is -2.13. The molecule has 1 aliphatic rings. The number of nitrogens with zero attached hydrogens (tertiary/aromatic N) is 1. The zero-order chi connectivity index (χ0) is 23.4. The molecule has 0 fully saturated rings. The quantitative estimate of drug-likeness (QED) is 0.543. The van der Waals surface area contributed by atoms with E-state index in [1.54, 1.807) is 72.8 Å². The number of anilines is 2. The minimum atomic E-state index is -0.395. The van der Waals surface area contributed by atoms with E-state index in [2.05, 4.69) is 10.6 Å². The molecule has 0 unspecified atom stereocenters. The first-order valence-electron chi connectivity index (χ1n) is 10.3. The second-order valence-electron chi connectivity index (χ2n) is 7.34. The number of fused-ring (bicyclic) bond motifs is 1. The minimum Gasteiger partial charge on any atom is -0.495 e. The van der Waals surface area contributed by atoms with Gasteiger partial charge in [0.2, 0.25) is 5.91 Å². The number of hydrogen-bond donors (Lipinski definition) is 2. The van der Waals surface area contributed by atoms with Crippen molar-refractivity contribution in [2.24, 2.45) is 0 Å². The third-order valence-corrected chi connectivity index (χ3v) is 5.23. The number of rotatable bonds is 7. The Kier molecular flexibility index (Phi) is 6.17. The number of amides is 4. The molecule has 8 heteroatoms. The molecular weight excluding hydrogens is 422 g/mol. The van der Waals surface area contributed by atoms with Gasteiger partial charge in [-0.3, -0.25) is 24.1 Å². The number of hydrogen-bond acceptors (Lipinski definition) is 5. The molecule has 0 atom stereocenters. The van der Waals surface area contributed by atoms with Crippen LogP contribution < -0.4 is 15.4 Å². The van der Waals surface area contributed by atoms with Gasteiger partial charge in [0.25, 0.3) is 17.7 Å². The zero-order valence-corrected chi connectivity index (χ0v) is 17.8. The Hall–Kier alpha value is -4.46. The molecule has 0 aromatic heterocycles. The molecule has 0 aliphatic carbocycles. The van der Waals surface area contributed by atoms with Gasteiger partial charge in [-0.05, 0) is 48.5 Å². The molecule has 0 saturated heterocycles. The highest BCUT2D eigenvalue weighted by atomic mass is 16.5. The number of ether oxygens (including phenoxy) is 1. The summed E-state index contributed by atoms with van der Waals surface area (Å²) in [5, 5.41) is 5.50. The summed E-state index contributed by atoms with van der Waals surface area (Å²) in [6.07, 6.45) is -0.0402. The lowest BCUT2D eigenvalue weighted by atomic mass is 10.1. The van der Waals surface area contributed by atoms with E-state index in [0.29, 0.717) is 33.8 Å². The Morgan fingerprint density at radius 3 is 2.06 bits per heavy atom. The number of para-hydroxylation sites is 2. The third kappa shape index (κ3) is 4.59. The highest BCUT2D eigenvalue weighted by Gasteiger charge is 2.34. The van der Waals surface area contributed by atoms with E-state index in [0.717, 1.165) is 4.90 Å². The van der Waals surface area contributed by atoms with Crippen molar-refractivity contribution in [2.75, 3.05) is 24.3 Å². The second kappa shape index (κ2) is 9.35. The van der Waals surface area contributed by atoms with E-state index >= 15 is 0 Å². The molecule has 1 aliphatic heterocycles. The topological polar surface area (TPSA) is 105 Å². The maximum atomic E-state index is 12.5. The average molecular weight is 443 g/mol. The molecule has 1 heterocycles. The molecule has 3 aromatic rings. The Balaban J connectivity index is 1.32. The summed E-state index contributed by atoms with van der Waals surface area (Å²) in [7, 11) is 1.52. The number of carbonyl (C=O) groups is 4. The lowest BCUT2D eigenvalue weighted by molar-refractivity contribution is -0.116. The van der Waals surface area contributed by atoms with E-state index < -0.39 is 11.8 Å². The fraction of sp³-hybridized carbons (Fsp3) is 0.120. The van der Waals surface area contributed by atoms with Gasteiger partial charge in [0, 0.05) is 24.2 Å². The highest BCUT2D eigenvalue weighted by Crippen LogP contribution is 2.24. The number of benzene rings is 3. The van der Waals surface area contributed by atoms with E-state index in [4.69, 9.17) is 4.74 Å². The molecule has 0 spiro atoms. The van der Waals surface area contributed by atoms with Crippen molar-refractivity contribution in [3.63, 3.8) is 0 Å². The monoisotopic (exact) mass is 443 g/mol. The van der Waals surface area contributed by atoms with Gasteiger partial charge in [-0.15, -0.1) is 0 Å². The average Bonchev–Trinajstić information content (AvgIpc) is 3.08. The van der Waals surface area contributed by atoms with Crippen LogP contribution >= 0.6 is 0 Å². The molecule has 4 rings (SSSR count). The summed E-state index contributed by atoms with van der Waals surface area (Å²) in [6.45, 7) is -0.0163. The smallest absolute Gasteiger partial charge is 0.261 e. The van der Waals surface area contributed by atoms with Crippen LogP contribution in [-0.2, 0) is 4.79 Å². The minimum absolute atomic E-state index is 0.0163. The molecule has 0 bridgehead atoms. The van der Waals surface area contributed by atoms with Crippen LogP contribution in [0.25, 0.3) is 0 Å². The van der Waals surface area contributed by atoms with E-state index in [-0.39, 0.29) is 24.8 Å². The van der Waals surface area contributed by atoms with Crippen molar-refractivity contribution >= 4 is 35.0 Å². The fourth-order valence-corrected chi connectivity index (χ4v) is 3.53. The van der Waals surface area contributed by atoms with Gasteiger partial charge in [-0.25, -0.2) is 0 Å². The Morgan fingerprint density at radius 2 is 1.42 bits per heavy atom. The molecule has 8 nitrogen and oxygen atoms in total. The second-order valence-corrected chi connectivity index (χ2v) is 7.34. The van der Waals surface area contributed by atoms with Crippen LogP contribution in [-0.4, -0.2) is 42.2 Å². The molecule has 2 N–H and O–H groups in total. The summed E-state index contributed by atoms with van der Waals surface area (Å²) < 4.78 is 5.23. The van der Waals surface area contributed by atoms with Gasteiger partial charge in [0.15, 0.2) is 0 Å². The summed E-state index contributed by atoms with van der Waals surface area (Å²) >= 11 is 0. The van der Waals surface area contributed by atoms with Crippen molar-refractivity contribution in [1.29, 1.82) is 0 Å². The molecular formula is C25H21N3O5. The van der Waals surface area contributed by atoms with Crippen molar-refractivity contribution in [3.8, 4) is 5.75 Å². The van der Waals surface area contributed by atoms with Gasteiger partial charge in [-0.1, -0.05) is 24.3 Å². The third-order valence-electron chi connectivity index (χ3n) is 5.23. The van der Waals surface area contributed by atoms with E-state index in [1.807, 2.05) is 0 Å². The van der Waals surface area contributed by atoms with Crippen LogP contribution in [0.5, 0.6) is 5.75 Å². The first-order chi connectivity index (χ1) is 16.0. The standard InChI is InChI=1S/C25H21N3O5/c1-33-21-9-5-4-8-20(21)27-23(30)16-10-12-17(13-11-16)26-22(29)14-15-28-24(31)18-6-2-3-7-19(18)25(28)32/h2-13H,14-15H2,1H3,(H,26,29)(H,27,30). The van der Waals surface area contributed by atoms with Gasteiger partial charge in [-0.2, -0.15) is 0 Å². The van der Waals surface area contributed by atoms with Crippen LogP contribution in [0.3, 0.4) is 0 Å². The molecule has 0 saturated carbocycles. The summed E-state index contributed by atoms with van der Waals surface area (Å²) in [6, 6.07) is 20.1. The summed E-state index contributed by atoms with van der Waals surface area (Å²) in [5.74, 6) is -0.906. The van der Waals surface area contributed by atoms with Crippen molar-refractivity contribution in [3.05, 3.63) is 89.5 Å². The number of imide groups is 1. The van der Waals surface area contributed by atoms with Crippen LogP contribution in [0, 0.1) is 0 Å². The molecule has 0 radical (unpaired) electrons. The van der Waals surface area contributed by atoms with Crippen LogP contribution in [0.1, 0.15) is 37.5 Å². The fourth-order valence-electron chi connectivity index (χ4n) is 3.53. The molecule has 3 aromatic carbocycles. The zero-order valence-electron chi connectivity index (χ0n) is 17.8. The van der Waals surface area contributed by atoms with Gasteiger partial charge in [0.1, 0.15) is 5.75 Å². The number of carbonyl (C=O) groups excluding carboxylic acids is 4. The number of methoxy groups -OCH3 is 1. The Morgan fingerprint density at radius 1 is 0.818 bits per heavy atom. The van der Waals surface area contributed by atoms with Gasteiger partial charge >= 0.3 is 0 Å². The van der Waals surface area contributed by atoms with Crippen molar-refractivity contribution in [1.82, 2.24) is 4.90 Å². The van der Waals surface area contributed by atoms with E-state index in [1.165, 1.54) is 7.11 Å². The predicted octanol–water partition coefficient (Wildman–Crippen LogP) is 3.57. The lowest BCUT2D eigenvalue weighted by Crippen LogP contribution is -2.32. The number of nitrogens with one attached hydrogen (secondary N) is 2. The summed E-state index contributed by atoms with van der Waals surface area (Å²) in [4.78, 5) is 50.7. The van der Waals surface area contributed by atoms with Gasteiger partial charge in [0.05, 0.1) is 23.9 Å². The first kappa shape index (κ1) is 21.8. The SMILES string of the molecule is COc1ccccc1NC(=O)c1ccc(NC(=O)CCN2C(=O)c3ccccc3C2=O)cc1. The van der Waals surface area contributed by atoms with Crippen LogP contribution in [0.15, 0.2) is 72.8 Å². The molecule has 4 amide bonds. The summed E-state index contributed by atoms with van der Waals surface area (Å²) in [5.41, 5.74) is 2.16.